The van der Waals surface area contributed by atoms with Crippen LogP contribution in [0.5, 0.6) is 0 Å². The molecule has 102 valence electrons. The van der Waals surface area contributed by atoms with Crippen LogP contribution in [0.15, 0.2) is 9.72 Å². The number of hydrogen-bond acceptors (Lipinski definition) is 5. The summed E-state index contributed by atoms with van der Waals surface area (Å²) in [5, 5.41) is 5.26. The topological polar surface area (TPSA) is 68.0 Å². The fraction of sp³-hybridized carbons (Fsp3) is 0.667. The van der Waals surface area contributed by atoms with Gasteiger partial charge in [-0.15, -0.1) is 11.3 Å². The molecule has 0 fully saturated rings. The highest BCUT2D eigenvalue weighted by Crippen LogP contribution is 2.25. The van der Waals surface area contributed by atoms with Crippen molar-refractivity contribution in [1.29, 1.82) is 0 Å². The van der Waals surface area contributed by atoms with Crippen LogP contribution in [0.4, 0.5) is 0 Å². The number of primary amides is 1. The second-order valence-corrected chi connectivity index (χ2v) is 6.68. The van der Waals surface area contributed by atoms with E-state index in [4.69, 9.17) is 5.73 Å². The maximum absolute atomic E-state index is 11.5. The van der Waals surface area contributed by atoms with E-state index in [1.165, 1.54) is 0 Å². The third-order valence-electron chi connectivity index (χ3n) is 2.73. The van der Waals surface area contributed by atoms with Gasteiger partial charge in [0.2, 0.25) is 5.91 Å². The Bertz CT molecular complexity index is 394. The van der Waals surface area contributed by atoms with E-state index in [9.17, 15) is 4.79 Å². The molecule has 6 heteroatoms. The van der Waals surface area contributed by atoms with Crippen molar-refractivity contribution in [1.82, 2.24) is 10.3 Å². The number of carbonyl (C=O) groups excluding carboxylic acids is 1. The van der Waals surface area contributed by atoms with Gasteiger partial charge in [0.25, 0.3) is 0 Å². The highest BCUT2D eigenvalue weighted by molar-refractivity contribution is 8.01. The zero-order chi connectivity index (χ0) is 13.6. The van der Waals surface area contributed by atoms with Gasteiger partial charge in [-0.1, -0.05) is 18.7 Å². The molecule has 0 aliphatic rings. The largest absolute Gasteiger partial charge is 0.368 e. The van der Waals surface area contributed by atoms with Crippen LogP contribution in [0, 0.1) is 6.92 Å². The molecule has 0 aromatic carbocycles. The molecule has 1 rings (SSSR count). The first-order chi connectivity index (χ1) is 8.48. The van der Waals surface area contributed by atoms with Gasteiger partial charge >= 0.3 is 0 Å². The van der Waals surface area contributed by atoms with Gasteiger partial charge in [-0.05, 0) is 33.2 Å². The molecule has 1 aromatic heterocycles. The molecule has 3 N–H and O–H groups in total. The Balaban J connectivity index is 2.44. The zero-order valence-corrected chi connectivity index (χ0v) is 12.8. The Hall–Kier alpha value is -0.590. The lowest BCUT2D eigenvalue weighted by molar-refractivity contribution is -0.123. The molecule has 0 saturated carbocycles. The summed E-state index contributed by atoms with van der Waals surface area (Å²) in [6.45, 7) is 6.73. The van der Waals surface area contributed by atoms with Gasteiger partial charge in [0.05, 0.1) is 5.54 Å². The number of hydrogen-bond donors (Lipinski definition) is 2. The first-order valence-electron chi connectivity index (χ1n) is 6.08. The van der Waals surface area contributed by atoms with Crippen molar-refractivity contribution in [2.75, 3.05) is 12.3 Å². The molecule has 1 atom stereocenters. The summed E-state index contributed by atoms with van der Waals surface area (Å²) in [6.07, 6.45) is 1.70. The van der Waals surface area contributed by atoms with E-state index in [0.717, 1.165) is 28.8 Å². The maximum atomic E-state index is 11.5. The van der Waals surface area contributed by atoms with Crippen molar-refractivity contribution in [3.05, 3.63) is 11.1 Å². The van der Waals surface area contributed by atoms with Gasteiger partial charge in [-0.3, -0.25) is 4.79 Å². The van der Waals surface area contributed by atoms with Crippen LogP contribution in [-0.2, 0) is 4.79 Å². The van der Waals surface area contributed by atoms with Crippen molar-refractivity contribution < 1.29 is 4.79 Å². The van der Waals surface area contributed by atoms with Crippen molar-refractivity contribution >= 4 is 29.0 Å². The molecule has 4 nitrogen and oxygen atoms in total. The van der Waals surface area contributed by atoms with Crippen LogP contribution in [0.1, 0.15) is 32.4 Å². The van der Waals surface area contributed by atoms with E-state index in [1.807, 2.05) is 19.2 Å². The molecule has 0 aliphatic heterocycles. The Kier molecular flexibility index (Phi) is 6.11. The second kappa shape index (κ2) is 7.11. The van der Waals surface area contributed by atoms with E-state index in [-0.39, 0.29) is 5.91 Å². The van der Waals surface area contributed by atoms with Crippen LogP contribution in [0.3, 0.4) is 0 Å². The van der Waals surface area contributed by atoms with Crippen LogP contribution in [0.25, 0.3) is 0 Å². The predicted molar refractivity (Wildman–Crippen MR) is 78.1 cm³/mol. The molecule has 18 heavy (non-hydrogen) atoms. The molecule has 0 aliphatic carbocycles. The smallest absolute Gasteiger partial charge is 0.237 e. The maximum Gasteiger partial charge on any atom is 0.237 e. The Morgan fingerprint density at radius 1 is 1.67 bits per heavy atom. The number of aryl methyl sites for hydroxylation is 1. The van der Waals surface area contributed by atoms with Crippen molar-refractivity contribution in [2.24, 2.45) is 5.73 Å². The molecule has 1 unspecified atom stereocenters. The summed E-state index contributed by atoms with van der Waals surface area (Å²) in [5.74, 6) is 0.551. The van der Waals surface area contributed by atoms with Crippen LogP contribution in [-0.4, -0.2) is 28.7 Å². The Morgan fingerprint density at radius 3 is 2.89 bits per heavy atom. The summed E-state index contributed by atoms with van der Waals surface area (Å²) >= 11 is 3.32. The molecule has 0 saturated heterocycles. The van der Waals surface area contributed by atoms with Gasteiger partial charge in [0.15, 0.2) is 0 Å². The minimum absolute atomic E-state index is 0.285. The number of nitrogens with zero attached hydrogens (tertiary/aromatic N) is 1. The SMILES string of the molecule is CCCNC(C)(CCSc1nc(C)cs1)C(N)=O. The first kappa shape index (κ1) is 15.5. The number of aromatic nitrogens is 1. The number of nitrogens with two attached hydrogens (primary N) is 1. The average Bonchev–Trinajstić information content (AvgIpc) is 2.72. The van der Waals surface area contributed by atoms with Crippen LogP contribution >= 0.6 is 23.1 Å². The quantitative estimate of drug-likeness (QED) is 0.719. The van der Waals surface area contributed by atoms with E-state index in [2.05, 4.69) is 17.2 Å². The zero-order valence-electron chi connectivity index (χ0n) is 11.2. The normalized spacial score (nSPS) is 14.4. The summed E-state index contributed by atoms with van der Waals surface area (Å²) in [4.78, 5) is 15.9. The van der Waals surface area contributed by atoms with Crippen molar-refractivity contribution in [3.63, 3.8) is 0 Å². The number of thiazole rings is 1. The molecule has 1 amide bonds. The van der Waals surface area contributed by atoms with Gasteiger partial charge in [0, 0.05) is 16.8 Å². The monoisotopic (exact) mass is 287 g/mol. The van der Waals surface area contributed by atoms with Gasteiger partial charge in [-0.25, -0.2) is 4.98 Å². The minimum atomic E-state index is -0.616. The number of rotatable bonds is 8. The van der Waals surface area contributed by atoms with Crippen molar-refractivity contribution in [3.8, 4) is 0 Å². The lowest BCUT2D eigenvalue weighted by Crippen LogP contribution is -2.53. The Morgan fingerprint density at radius 2 is 2.39 bits per heavy atom. The average molecular weight is 287 g/mol. The van der Waals surface area contributed by atoms with Gasteiger partial charge in [0.1, 0.15) is 4.34 Å². The standard InChI is InChI=1S/C12H21N3OS2/c1-4-6-14-12(3,10(13)16)5-7-17-11-15-9(2)8-18-11/h8,14H,4-7H2,1-3H3,(H2,13,16). The fourth-order valence-corrected chi connectivity index (χ4v) is 3.52. The van der Waals surface area contributed by atoms with Crippen LogP contribution < -0.4 is 11.1 Å². The van der Waals surface area contributed by atoms with Gasteiger partial charge < -0.3 is 11.1 Å². The third kappa shape index (κ3) is 4.59. The molecule has 1 aromatic rings. The summed E-state index contributed by atoms with van der Waals surface area (Å²) < 4.78 is 1.05. The summed E-state index contributed by atoms with van der Waals surface area (Å²) in [5.41, 5.74) is 5.90. The van der Waals surface area contributed by atoms with Gasteiger partial charge in [-0.2, -0.15) is 0 Å². The van der Waals surface area contributed by atoms with Crippen molar-refractivity contribution in [2.45, 2.75) is 43.5 Å². The molecular formula is C12H21N3OS2. The number of nitrogens with one attached hydrogen (secondary N) is 1. The van der Waals surface area contributed by atoms with E-state index in [0.29, 0.717) is 6.42 Å². The fourth-order valence-electron chi connectivity index (χ4n) is 1.44. The number of thioether (sulfide) groups is 1. The lowest BCUT2D eigenvalue weighted by atomic mass is 9.98. The first-order valence-corrected chi connectivity index (χ1v) is 7.94. The summed E-state index contributed by atoms with van der Waals surface area (Å²) in [6, 6.07) is 0. The number of amides is 1. The summed E-state index contributed by atoms with van der Waals surface area (Å²) in [7, 11) is 0. The molecule has 0 bridgehead atoms. The van der Waals surface area contributed by atoms with E-state index >= 15 is 0 Å². The molecule has 0 radical (unpaired) electrons. The lowest BCUT2D eigenvalue weighted by Gasteiger charge is -2.27. The minimum Gasteiger partial charge on any atom is -0.368 e. The number of carbonyl (C=O) groups is 1. The van der Waals surface area contributed by atoms with Crippen LogP contribution in [0.2, 0.25) is 0 Å². The highest BCUT2D eigenvalue weighted by Gasteiger charge is 2.29. The van der Waals surface area contributed by atoms with E-state index in [1.54, 1.807) is 23.1 Å². The predicted octanol–water partition coefficient (Wildman–Crippen LogP) is 2.18. The molecule has 1 heterocycles. The second-order valence-electron chi connectivity index (χ2n) is 4.48. The molecule has 0 spiro atoms. The van der Waals surface area contributed by atoms with E-state index < -0.39 is 5.54 Å². The molecular weight excluding hydrogens is 266 g/mol. The highest BCUT2D eigenvalue weighted by atomic mass is 32.2. The third-order valence-corrected chi connectivity index (χ3v) is 4.88. The Labute approximate surface area is 117 Å².